The van der Waals surface area contributed by atoms with Crippen molar-refractivity contribution in [1.82, 2.24) is 0 Å². The van der Waals surface area contributed by atoms with E-state index in [9.17, 15) is 9.59 Å². The summed E-state index contributed by atoms with van der Waals surface area (Å²) in [5.41, 5.74) is 0.185. The molecule has 0 aromatic heterocycles. The van der Waals surface area contributed by atoms with E-state index in [1.54, 1.807) is 7.11 Å². The van der Waals surface area contributed by atoms with Gasteiger partial charge in [-0.05, 0) is 11.8 Å². The summed E-state index contributed by atoms with van der Waals surface area (Å²) < 4.78 is 21.2. The van der Waals surface area contributed by atoms with Crippen molar-refractivity contribution in [1.29, 1.82) is 0 Å². The van der Waals surface area contributed by atoms with E-state index < -0.39 is 0 Å². The van der Waals surface area contributed by atoms with Gasteiger partial charge < -0.3 is 18.9 Å². The van der Waals surface area contributed by atoms with Crippen molar-refractivity contribution in [2.75, 3.05) is 27.6 Å². The minimum Gasteiger partial charge on any atom is -0.466 e. The van der Waals surface area contributed by atoms with Gasteiger partial charge in [0.25, 0.3) is 0 Å². The van der Waals surface area contributed by atoms with Crippen LogP contribution in [0.3, 0.4) is 0 Å². The Morgan fingerprint density at radius 3 is 2.78 bits per heavy atom. The highest BCUT2D eigenvalue weighted by Gasteiger charge is 2.66. The van der Waals surface area contributed by atoms with Gasteiger partial charge in [-0.25, -0.2) is 4.79 Å². The fraction of sp³-hybridized carbons (Fsp3) is 0.765. The summed E-state index contributed by atoms with van der Waals surface area (Å²) in [6, 6.07) is 0. The zero-order valence-electron chi connectivity index (χ0n) is 14.1. The molecule has 1 unspecified atom stereocenters. The van der Waals surface area contributed by atoms with Gasteiger partial charge in [0, 0.05) is 29.9 Å². The number of ether oxygens (including phenoxy) is 4. The summed E-state index contributed by atoms with van der Waals surface area (Å²) in [6.45, 7) is 4.71. The van der Waals surface area contributed by atoms with Gasteiger partial charge in [-0.1, -0.05) is 19.9 Å². The summed E-state index contributed by atoms with van der Waals surface area (Å²) in [5.74, 6) is -0.674. The van der Waals surface area contributed by atoms with E-state index in [0.29, 0.717) is 12.0 Å². The molecule has 0 N–H and O–H groups in total. The van der Waals surface area contributed by atoms with Crippen LogP contribution in [0.1, 0.15) is 26.7 Å². The van der Waals surface area contributed by atoms with Crippen LogP contribution in [-0.4, -0.2) is 45.7 Å². The van der Waals surface area contributed by atoms with Crippen molar-refractivity contribution in [3.63, 3.8) is 0 Å². The van der Waals surface area contributed by atoms with Gasteiger partial charge in [0.1, 0.15) is 6.79 Å². The second-order valence-corrected chi connectivity index (χ2v) is 7.44. The molecule has 3 aliphatic rings. The van der Waals surface area contributed by atoms with E-state index in [1.807, 2.05) is 6.08 Å². The molecule has 1 saturated carbocycles. The molecular formula is C17H24O6. The summed E-state index contributed by atoms with van der Waals surface area (Å²) in [7, 11) is 2.96. The van der Waals surface area contributed by atoms with Crippen LogP contribution < -0.4 is 0 Å². The van der Waals surface area contributed by atoms with E-state index in [1.165, 1.54) is 7.11 Å². The molecule has 0 aromatic carbocycles. The number of hydrogen-bond acceptors (Lipinski definition) is 6. The Labute approximate surface area is 136 Å². The first-order valence-electron chi connectivity index (χ1n) is 7.92. The molecule has 128 valence electrons. The molecule has 0 amide bonds. The third-order valence-corrected chi connectivity index (χ3v) is 5.64. The lowest BCUT2D eigenvalue weighted by Crippen LogP contribution is -2.43. The Morgan fingerprint density at radius 1 is 1.39 bits per heavy atom. The Kier molecular flexibility index (Phi) is 4.01. The average Bonchev–Trinajstić information content (AvgIpc) is 2.89. The third-order valence-electron chi connectivity index (χ3n) is 5.64. The lowest BCUT2D eigenvalue weighted by molar-refractivity contribution is -0.161. The summed E-state index contributed by atoms with van der Waals surface area (Å²) >= 11 is 0. The first-order chi connectivity index (χ1) is 10.9. The Bertz CT molecular complexity index is 551. The molecule has 6 nitrogen and oxygen atoms in total. The number of rotatable bonds is 4. The van der Waals surface area contributed by atoms with E-state index in [0.717, 1.165) is 6.42 Å². The monoisotopic (exact) mass is 324 g/mol. The zero-order chi connectivity index (χ0) is 16.8. The van der Waals surface area contributed by atoms with Crippen molar-refractivity contribution < 1.29 is 28.5 Å². The second kappa shape index (κ2) is 5.60. The molecule has 2 fully saturated rings. The quantitative estimate of drug-likeness (QED) is 0.579. The first kappa shape index (κ1) is 16.5. The highest BCUT2D eigenvalue weighted by atomic mass is 16.7. The predicted octanol–water partition coefficient (Wildman–Crippen LogP) is 1.68. The van der Waals surface area contributed by atoms with Gasteiger partial charge in [-0.3, -0.25) is 4.79 Å². The fourth-order valence-electron chi connectivity index (χ4n) is 4.94. The van der Waals surface area contributed by atoms with E-state index in [4.69, 9.17) is 18.9 Å². The molecule has 23 heavy (non-hydrogen) atoms. The molecule has 1 spiro atoms. The minimum atomic E-state index is -0.343. The van der Waals surface area contributed by atoms with Crippen LogP contribution in [0.15, 0.2) is 11.6 Å². The van der Waals surface area contributed by atoms with Crippen molar-refractivity contribution in [2.24, 2.45) is 22.7 Å². The zero-order valence-corrected chi connectivity index (χ0v) is 14.1. The van der Waals surface area contributed by atoms with Crippen LogP contribution in [0.25, 0.3) is 0 Å². The lowest BCUT2D eigenvalue weighted by atomic mass is 9.67. The Morgan fingerprint density at radius 2 is 2.13 bits per heavy atom. The fourth-order valence-corrected chi connectivity index (χ4v) is 4.94. The topological polar surface area (TPSA) is 71.1 Å². The van der Waals surface area contributed by atoms with Crippen LogP contribution in [-0.2, 0) is 28.5 Å². The van der Waals surface area contributed by atoms with E-state index in [2.05, 4.69) is 13.8 Å². The molecule has 0 bridgehead atoms. The van der Waals surface area contributed by atoms with Crippen molar-refractivity contribution in [2.45, 2.75) is 32.8 Å². The molecule has 3 rings (SSSR count). The molecule has 1 aliphatic heterocycles. The van der Waals surface area contributed by atoms with Gasteiger partial charge in [0.05, 0.1) is 26.2 Å². The predicted molar refractivity (Wildman–Crippen MR) is 80.2 cm³/mol. The van der Waals surface area contributed by atoms with Gasteiger partial charge in [0.2, 0.25) is 0 Å². The maximum atomic E-state index is 12.2. The molecule has 1 saturated heterocycles. The molecule has 6 heteroatoms. The maximum absolute atomic E-state index is 12.2. The molecule has 1 heterocycles. The normalized spacial score (nSPS) is 37.7. The largest absolute Gasteiger partial charge is 0.466 e. The van der Waals surface area contributed by atoms with Crippen LogP contribution in [0, 0.1) is 22.7 Å². The third kappa shape index (κ3) is 2.39. The van der Waals surface area contributed by atoms with E-state index >= 15 is 0 Å². The smallest absolute Gasteiger partial charge is 0.333 e. The van der Waals surface area contributed by atoms with Crippen molar-refractivity contribution in [3.05, 3.63) is 11.6 Å². The number of esters is 2. The molecule has 0 aromatic rings. The van der Waals surface area contributed by atoms with Crippen LogP contribution in [0.4, 0.5) is 0 Å². The van der Waals surface area contributed by atoms with Crippen molar-refractivity contribution >= 4 is 11.9 Å². The van der Waals surface area contributed by atoms with Crippen LogP contribution >= 0.6 is 0 Å². The SMILES string of the molecule is COCO[C@@H]1[C@H]2C=C(C(=O)OC)[C@@H]3COC(=O)CC23CC1(C)C. The minimum absolute atomic E-state index is 0.0143. The van der Waals surface area contributed by atoms with Crippen LogP contribution in [0.2, 0.25) is 0 Å². The number of carbonyl (C=O) groups excluding carboxylic acids is 2. The van der Waals surface area contributed by atoms with Crippen molar-refractivity contribution in [3.8, 4) is 0 Å². The Hall–Kier alpha value is -1.40. The Balaban J connectivity index is 2.01. The van der Waals surface area contributed by atoms with Gasteiger partial charge >= 0.3 is 11.9 Å². The number of methoxy groups -OCH3 is 2. The highest BCUT2D eigenvalue weighted by Crippen LogP contribution is 2.66. The van der Waals surface area contributed by atoms with Gasteiger partial charge in [-0.2, -0.15) is 0 Å². The van der Waals surface area contributed by atoms with Gasteiger partial charge in [-0.15, -0.1) is 0 Å². The standard InChI is InChI=1S/C17H24O6/c1-16(2)8-17-6-13(18)22-7-12(17)10(15(19)21-4)5-11(17)14(16)23-9-20-3/h5,11-12,14H,6-9H2,1-4H3/t11-,12+,14-,17?/m1/s1. The molecular weight excluding hydrogens is 300 g/mol. The summed E-state index contributed by atoms with van der Waals surface area (Å²) in [5, 5.41) is 0. The van der Waals surface area contributed by atoms with E-state index in [-0.39, 0.29) is 54.1 Å². The summed E-state index contributed by atoms with van der Waals surface area (Å²) in [4.78, 5) is 24.2. The average molecular weight is 324 g/mol. The molecule has 0 radical (unpaired) electrons. The molecule has 4 atom stereocenters. The summed E-state index contributed by atoms with van der Waals surface area (Å²) in [6.07, 6.45) is 2.96. The second-order valence-electron chi connectivity index (χ2n) is 7.44. The number of carbonyl (C=O) groups is 2. The number of cyclic esters (lactones) is 1. The van der Waals surface area contributed by atoms with Crippen LogP contribution in [0.5, 0.6) is 0 Å². The molecule has 2 aliphatic carbocycles. The first-order valence-corrected chi connectivity index (χ1v) is 7.92. The van der Waals surface area contributed by atoms with Gasteiger partial charge in [0.15, 0.2) is 0 Å². The number of hydrogen-bond donors (Lipinski definition) is 0. The maximum Gasteiger partial charge on any atom is 0.333 e. The lowest BCUT2D eigenvalue weighted by Gasteiger charge is -2.40. The highest BCUT2D eigenvalue weighted by molar-refractivity contribution is 5.91.